The van der Waals surface area contributed by atoms with Crippen LogP contribution in [-0.2, 0) is 19.1 Å². The second kappa shape index (κ2) is 5.71. The number of allylic oxidation sites excluding steroid dienone is 2. The number of ether oxygens (including phenoxy) is 4. The number of esters is 2. The smallest absolute Gasteiger partial charge is 0.310 e. The van der Waals surface area contributed by atoms with Crippen molar-refractivity contribution in [1.29, 1.82) is 0 Å². The molecule has 0 N–H and O–H groups in total. The lowest BCUT2D eigenvalue weighted by Gasteiger charge is -2.33. The van der Waals surface area contributed by atoms with Crippen molar-refractivity contribution in [2.45, 2.75) is 12.8 Å². The Labute approximate surface area is 127 Å². The number of fused-ring (bicyclic) bond motifs is 1. The summed E-state index contributed by atoms with van der Waals surface area (Å²) in [5, 5.41) is 0. The van der Waals surface area contributed by atoms with E-state index in [9.17, 15) is 9.59 Å². The molecule has 6 nitrogen and oxygen atoms in total. The molecular weight excluding hydrogens is 288 g/mol. The SMILES string of the molecule is COC(=O)C1CC2=C(CC1C(=O)OC)Oc1ccccc1O2. The zero-order valence-corrected chi connectivity index (χ0v) is 12.3. The van der Waals surface area contributed by atoms with E-state index >= 15 is 0 Å². The molecule has 2 unspecified atom stereocenters. The van der Waals surface area contributed by atoms with Gasteiger partial charge in [-0.2, -0.15) is 0 Å². The van der Waals surface area contributed by atoms with Gasteiger partial charge in [0.15, 0.2) is 11.5 Å². The Morgan fingerprint density at radius 3 is 1.68 bits per heavy atom. The highest BCUT2D eigenvalue weighted by molar-refractivity contribution is 5.83. The number of rotatable bonds is 2. The minimum atomic E-state index is -0.634. The molecule has 0 fully saturated rings. The minimum absolute atomic E-state index is 0.246. The average molecular weight is 304 g/mol. The molecule has 0 radical (unpaired) electrons. The summed E-state index contributed by atoms with van der Waals surface area (Å²) in [6.07, 6.45) is 0.492. The van der Waals surface area contributed by atoms with E-state index in [2.05, 4.69) is 0 Å². The Morgan fingerprint density at radius 1 is 0.909 bits per heavy atom. The summed E-state index contributed by atoms with van der Waals surface area (Å²) < 4.78 is 21.2. The van der Waals surface area contributed by atoms with Crippen LogP contribution >= 0.6 is 0 Å². The maximum absolute atomic E-state index is 12.0. The molecule has 22 heavy (non-hydrogen) atoms. The maximum atomic E-state index is 12.0. The average Bonchev–Trinajstić information content (AvgIpc) is 2.57. The number of benzene rings is 1. The minimum Gasteiger partial charge on any atom is -0.469 e. The van der Waals surface area contributed by atoms with Crippen molar-refractivity contribution >= 4 is 11.9 Å². The van der Waals surface area contributed by atoms with Crippen LogP contribution in [0.15, 0.2) is 35.8 Å². The van der Waals surface area contributed by atoms with Gasteiger partial charge in [-0.05, 0) is 12.1 Å². The van der Waals surface area contributed by atoms with Gasteiger partial charge in [0.1, 0.15) is 11.5 Å². The predicted octanol–water partition coefficient (Wildman–Crippen LogP) is 2.04. The van der Waals surface area contributed by atoms with Crippen LogP contribution in [-0.4, -0.2) is 26.2 Å². The first kappa shape index (κ1) is 14.4. The van der Waals surface area contributed by atoms with E-state index in [1.165, 1.54) is 14.2 Å². The first-order valence-corrected chi connectivity index (χ1v) is 6.96. The molecule has 1 heterocycles. The van der Waals surface area contributed by atoms with Gasteiger partial charge in [-0.25, -0.2) is 0 Å². The summed E-state index contributed by atoms with van der Waals surface area (Å²) in [5.41, 5.74) is 0. The zero-order chi connectivity index (χ0) is 15.7. The van der Waals surface area contributed by atoms with Gasteiger partial charge < -0.3 is 18.9 Å². The largest absolute Gasteiger partial charge is 0.469 e. The van der Waals surface area contributed by atoms with Crippen molar-refractivity contribution in [2.24, 2.45) is 11.8 Å². The fraction of sp³-hybridized carbons (Fsp3) is 0.375. The van der Waals surface area contributed by atoms with E-state index in [0.717, 1.165) is 0 Å². The van der Waals surface area contributed by atoms with Gasteiger partial charge in [0.25, 0.3) is 0 Å². The van der Waals surface area contributed by atoms with Crippen LogP contribution in [0.5, 0.6) is 11.5 Å². The monoisotopic (exact) mass is 304 g/mol. The maximum Gasteiger partial charge on any atom is 0.310 e. The van der Waals surface area contributed by atoms with Crippen molar-refractivity contribution in [3.8, 4) is 11.5 Å². The zero-order valence-electron chi connectivity index (χ0n) is 12.3. The van der Waals surface area contributed by atoms with Crippen LogP contribution in [0.25, 0.3) is 0 Å². The van der Waals surface area contributed by atoms with Gasteiger partial charge in [0.2, 0.25) is 0 Å². The predicted molar refractivity (Wildman–Crippen MR) is 75.0 cm³/mol. The van der Waals surface area contributed by atoms with Crippen molar-refractivity contribution in [3.63, 3.8) is 0 Å². The molecular formula is C16H16O6. The molecule has 0 spiro atoms. The van der Waals surface area contributed by atoms with E-state index in [-0.39, 0.29) is 12.8 Å². The van der Waals surface area contributed by atoms with Crippen molar-refractivity contribution in [2.75, 3.05) is 14.2 Å². The highest BCUT2D eigenvalue weighted by Crippen LogP contribution is 2.43. The standard InChI is InChI=1S/C16H16O6/c1-19-15(17)9-7-13-14(8-10(9)16(18)20-2)22-12-6-4-3-5-11(12)21-13/h3-6,9-10H,7-8H2,1-2H3. The first-order chi connectivity index (χ1) is 10.6. The first-order valence-electron chi connectivity index (χ1n) is 6.96. The molecule has 1 aliphatic heterocycles. The van der Waals surface area contributed by atoms with Gasteiger partial charge in [-0.3, -0.25) is 9.59 Å². The third-order valence-electron chi connectivity index (χ3n) is 3.93. The molecule has 1 aromatic rings. The fourth-order valence-electron chi connectivity index (χ4n) is 2.79. The molecule has 2 aliphatic rings. The van der Waals surface area contributed by atoms with Crippen molar-refractivity contribution < 1.29 is 28.5 Å². The number of carbonyl (C=O) groups excluding carboxylic acids is 2. The Bertz CT molecular complexity index is 593. The summed E-state index contributed by atoms with van der Waals surface area (Å²) >= 11 is 0. The highest BCUT2D eigenvalue weighted by Gasteiger charge is 2.43. The third-order valence-corrected chi connectivity index (χ3v) is 3.93. The fourth-order valence-corrected chi connectivity index (χ4v) is 2.79. The Balaban J connectivity index is 1.91. The molecule has 1 aliphatic carbocycles. The lowest BCUT2D eigenvalue weighted by molar-refractivity contribution is -0.158. The summed E-state index contributed by atoms with van der Waals surface area (Å²) in [4.78, 5) is 23.9. The summed E-state index contributed by atoms with van der Waals surface area (Å²) in [6.45, 7) is 0. The summed E-state index contributed by atoms with van der Waals surface area (Å²) in [7, 11) is 2.60. The molecule has 116 valence electrons. The van der Waals surface area contributed by atoms with Crippen LogP contribution in [0.2, 0.25) is 0 Å². The van der Waals surface area contributed by atoms with Gasteiger partial charge in [-0.1, -0.05) is 12.1 Å². The van der Waals surface area contributed by atoms with Crippen molar-refractivity contribution in [3.05, 3.63) is 35.8 Å². The Hall–Kier alpha value is -2.50. The van der Waals surface area contributed by atoms with Gasteiger partial charge >= 0.3 is 11.9 Å². The number of hydrogen-bond donors (Lipinski definition) is 0. The lowest BCUT2D eigenvalue weighted by Crippen LogP contribution is -2.37. The van der Waals surface area contributed by atoms with Crippen LogP contribution in [0, 0.1) is 11.8 Å². The Kier molecular flexibility index (Phi) is 3.75. The van der Waals surface area contributed by atoms with Gasteiger partial charge in [0.05, 0.1) is 26.1 Å². The number of para-hydroxylation sites is 2. The third kappa shape index (κ3) is 2.41. The molecule has 1 aromatic carbocycles. The second-order valence-electron chi connectivity index (χ2n) is 5.16. The van der Waals surface area contributed by atoms with Crippen molar-refractivity contribution in [1.82, 2.24) is 0 Å². The van der Waals surface area contributed by atoms with Gasteiger partial charge in [-0.15, -0.1) is 0 Å². The van der Waals surface area contributed by atoms with E-state index in [1.807, 2.05) is 12.1 Å². The summed E-state index contributed by atoms with van der Waals surface area (Å²) in [5.74, 6) is 0.148. The summed E-state index contributed by atoms with van der Waals surface area (Å²) in [6, 6.07) is 7.26. The molecule has 0 amide bonds. The van der Waals surface area contributed by atoms with E-state index in [4.69, 9.17) is 18.9 Å². The van der Waals surface area contributed by atoms with Gasteiger partial charge in [0, 0.05) is 12.8 Å². The molecule has 0 bridgehead atoms. The molecule has 3 rings (SSSR count). The number of methoxy groups -OCH3 is 2. The second-order valence-corrected chi connectivity index (χ2v) is 5.16. The number of hydrogen-bond acceptors (Lipinski definition) is 6. The van der Waals surface area contributed by atoms with Crippen LogP contribution < -0.4 is 9.47 Å². The van der Waals surface area contributed by atoms with Crippen LogP contribution in [0.3, 0.4) is 0 Å². The molecule has 0 aromatic heterocycles. The highest BCUT2D eigenvalue weighted by atomic mass is 16.6. The number of carbonyl (C=O) groups is 2. The molecule has 6 heteroatoms. The normalized spacial score (nSPS) is 22.6. The topological polar surface area (TPSA) is 71.1 Å². The quantitative estimate of drug-likeness (QED) is 0.779. The molecule has 0 saturated carbocycles. The van der Waals surface area contributed by atoms with E-state index < -0.39 is 23.8 Å². The molecule has 2 atom stereocenters. The van der Waals surface area contributed by atoms with Crippen LogP contribution in [0.4, 0.5) is 0 Å². The Morgan fingerprint density at radius 2 is 1.32 bits per heavy atom. The van der Waals surface area contributed by atoms with E-state index in [1.54, 1.807) is 12.1 Å². The lowest BCUT2D eigenvalue weighted by atomic mass is 9.81. The van der Waals surface area contributed by atoms with E-state index in [0.29, 0.717) is 23.0 Å². The molecule has 0 saturated heterocycles. The van der Waals surface area contributed by atoms with Crippen LogP contribution in [0.1, 0.15) is 12.8 Å².